The number of rotatable bonds is 17. The van der Waals surface area contributed by atoms with Crippen LogP contribution in [0.15, 0.2) is 70.3 Å². The lowest BCUT2D eigenvalue weighted by molar-refractivity contribution is -0.129. The van der Waals surface area contributed by atoms with Crippen molar-refractivity contribution in [3.8, 4) is 5.75 Å². The molecule has 0 spiro atoms. The number of carbonyl (C=O) groups excluding carboxylic acids is 3. The molecule has 2 atom stereocenters. The van der Waals surface area contributed by atoms with E-state index in [1.165, 1.54) is 12.3 Å². The maximum atomic E-state index is 13.8. The predicted octanol–water partition coefficient (Wildman–Crippen LogP) is 5.58. The summed E-state index contributed by atoms with van der Waals surface area (Å²) in [6.07, 6.45) is 14.4. The second-order valence-corrected chi connectivity index (χ2v) is 15.1. The number of nitrogens with zero attached hydrogens (tertiary/aromatic N) is 2. The van der Waals surface area contributed by atoms with E-state index in [1.54, 1.807) is 30.3 Å². The fraction of sp³-hybridized carbons (Fsp3) is 0.526. The second-order valence-electron chi connectivity index (χ2n) is 13.3. The quantitative estimate of drug-likeness (QED) is 0.134. The Morgan fingerprint density at radius 2 is 1.82 bits per heavy atom. The maximum absolute atomic E-state index is 13.8. The third-order valence-electron chi connectivity index (χ3n) is 9.30. The lowest BCUT2D eigenvalue weighted by atomic mass is 9.84. The Morgan fingerprint density at radius 3 is 2.59 bits per heavy atom. The van der Waals surface area contributed by atoms with Crippen LogP contribution in [-0.4, -0.2) is 80.3 Å². The van der Waals surface area contributed by atoms with E-state index in [0.717, 1.165) is 62.3 Å². The van der Waals surface area contributed by atoms with E-state index in [9.17, 15) is 22.8 Å². The molecule has 3 aromatic rings. The second kappa shape index (κ2) is 19.0. The van der Waals surface area contributed by atoms with Gasteiger partial charge in [-0.1, -0.05) is 57.2 Å². The van der Waals surface area contributed by atoms with Crippen LogP contribution in [0.3, 0.4) is 0 Å². The average molecular weight is 723 g/mol. The van der Waals surface area contributed by atoms with E-state index in [2.05, 4.69) is 34.7 Å². The molecule has 5 rings (SSSR count). The van der Waals surface area contributed by atoms with Gasteiger partial charge in [0.15, 0.2) is 16.6 Å². The van der Waals surface area contributed by atoms with Gasteiger partial charge in [-0.25, -0.2) is 13.4 Å². The number of ether oxygens (including phenoxy) is 2. The third-order valence-corrected chi connectivity index (χ3v) is 11.1. The predicted molar refractivity (Wildman–Crippen MR) is 193 cm³/mol. The van der Waals surface area contributed by atoms with E-state index in [4.69, 9.17) is 13.9 Å². The van der Waals surface area contributed by atoms with Crippen LogP contribution < -0.4 is 15.4 Å². The summed E-state index contributed by atoms with van der Waals surface area (Å²) >= 11 is 0. The summed E-state index contributed by atoms with van der Waals surface area (Å²) in [5.74, 6) is -0.438. The van der Waals surface area contributed by atoms with Gasteiger partial charge in [0.2, 0.25) is 5.91 Å². The molecule has 1 aliphatic heterocycles. The number of ketones is 1. The van der Waals surface area contributed by atoms with Crippen LogP contribution in [0.1, 0.15) is 88.1 Å². The van der Waals surface area contributed by atoms with Gasteiger partial charge in [-0.3, -0.25) is 14.4 Å². The van der Waals surface area contributed by atoms with Gasteiger partial charge in [-0.15, -0.1) is 0 Å². The first-order valence-corrected chi connectivity index (χ1v) is 19.6. The number of amides is 2. The van der Waals surface area contributed by atoms with Gasteiger partial charge < -0.3 is 24.5 Å². The van der Waals surface area contributed by atoms with E-state index >= 15 is 0 Å². The van der Waals surface area contributed by atoms with Gasteiger partial charge >= 0.3 is 0 Å². The van der Waals surface area contributed by atoms with Crippen LogP contribution in [0.2, 0.25) is 0 Å². The van der Waals surface area contributed by atoms with Crippen LogP contribution in [-0.2, 0) is 24.3 Å². The van der Waals surface area contributed by atoms with Crippen LogP contribution >= 0.6 is 0 Å². The molecule has 3 heterocycles. The third kappa shape index (κ3) is 11.0. The Morgan fingerprint density at radius 1 is 1.02 bits per heavy atom. The molecule has 276 valence electrons. The number of fused-ring (bicyclic) bond motifs is 1. The highest BCUT2D eigenvalue weighted by molar-refractivity contribution is 7.89. The van der Waals surface area contributed by atoms with Crippen LogP contribution in [0.5, 0.6) is 5.75 Å². The van der Waals surface area contributed by atoms with E-state index in [1.807, 2.05) is 6.07 Å². The van der Waals surface area contributed by atoms with Crippen LogP contribution in [0, 0.1) is 5.92 Å². The molecule has 1 unspecified atom stereocenters. The van der Waals surface area contributed by atoms with E-state index in [-0.39, 0.29) is 36.2 Å². The molecule has 2 amide bonds. The zero-order chi connectivity index (χ0) is 36.1. The molecular formula is C38H50N4O8S. The number of hydrogen-bond donors (Lipinski definition) is 2. The van der Waals surface area contributed by atoms with Gasteiger partial charge in [-0.05, 0) is 80.8 Å². The minimum Gasteiger partial charge on any atom is -0.493 e. The molecular weight excluding hydrogens is 673 g/mol. The summed E-state index contributed by atoms with van der Waals surface area (Å²) in [6.45, 7) is 3.83. The highest BCUT2D eigenvalue weighted by Gasteiger charge is 2.35. The number of carbonyl (C=O) groups is 3. The maximum Gasteiger partial charge on any atom is 0.287 e. The number of Topliss-reactive ketones (excluding diaryl/α,β-unsaturated/α-hetero) is 1. The standard InChI is InChI=1S/C38H50N4O8S/c1-2-21-48-22-10-3-4-11-23-49-30-17-18-34-29(25-30)26-35(50-34)38(45)41-32(24-28-13-6-5-7-14-28)37(44)40-31-15-12-20-42(27-33(31)43)51(46,47)36-16-8-9-19-39-36/h3-4,8-9,16-19,25-26,28,31-32H,2,5-7,10-15,20-24,27H2,1H3,(H,40,44)(H,41,45)/b4-3-/t31?,32-/m0/s1. The fourth-order valence-corrected chi connectivity index (χ4v) is 7.95. The Hall–Kier alpha value is -4.07. The van der Waals surface area contributed by atoms with Crippen LogP contribution in [0.25, 0.3) is 11.0 Å². The highest BCUT2D eigenvalue weighted by Crippen LogP contribution is 2.29. The molecule has 51 heavy (non-hydrogen) atoms. The summed E-state index contributed by atoms with van der Waals surface area (Å²) in [7, 11) is -3.97. The van der Waals surface area contributed by atoms with Crippen molar-refractivity contribution in [2.45, 2.75) is 94.7 Å². The smallest absolute Gasteiger partial charge is 0.287 e. The van der Waals surface area contributed by atoms with Gasteiger partial charge in [0.1, 0.15) is 17.4 Å². The molecule has 2 aliphatic rings. The first kappa shape index (κ1) is 38.2. The van der Waals surface area contributed by atoms with Crippen molar-refractivity contribution in [1.82, 2.24) is 19.9 Å². The average Bonchev–Trinajstić information content (AvgIpc) is 3.48. The number of sulfonamides is 1. The Kier molecular flexibility index (Phi) is 14.2. The normalized spacial score (nSPS) is 18.5. The van der Waals surface area contributed by atoms with Crippen molar-refractivity contribution in [2.75, 3.05) is 32.9 Å². The summed E-state index contributed by atoms with van der Waals surface area (Å²) in [5.41, 5.74) is 0.516. The first-order valence-electron chi connectivity index (χ1n) is 18.2. The Bertz CT molecular complexity index is 1740. The van der Waals surface area contributed by atoms with Gasteiger partial charge in [-0.2, -0.15) is 4.31 Å². The van der Waals surface area contributed by atoms with Crippen LogP contribution in [0.4, 0.5) is 0 Å². The number of aromatic nitrogens is 1. The summed E-state index contributed by atoms with van der Waals surface area (Å²) in [4.78, 5) is 44.6. The Balaban J connectivity index is 1.20. The summed E-state index contributed by atoms with van der Waals surface area (Å²) in [6, 6.07) is 9.81. The van der Waals surface area contributed by atoms with Crippen molar-refractivity contribution in [3.63, 3.8) is 0 Å². The molecule has 0 bridgehead atoms. The summed E-state index contributed by atoms with van der Waals surface area (Å²) in [5, 5.41) is 6.30. The minimum absolute atomic E-state index is 0.0673. The molecule has 2 aromatic heterocycles. The molecule has 0 radical (unpaired) electrons. The number of nitrogens with one attached hydrogen (secondary N) is 2. The zero-order valence-electron chi connectivity index (χ0n) is 29.4. The van der Waals surface area contributed by atoms with E-state index in [0.29, 0.717) is 42.8 Å². The highest BCUT2D eigenvalue weighted by atomic mass is 32.2. The largest absolute Gasteiger partial charge is 0.493 e. The van der Waals surface area contributed by atoms with Gasteiger partial charge in [0.05, 0.1) is 25.8 Å². The number of benzene rings is 1. The molecule has 1 saturated heterocycles. The molecule has 13 heteroatoms. The SMILES string of the molecule is CCCOCC/C=C\CCOc1ccc2oc(C(=O)N[C@@H](CC3CCCCC3)C(=O)NC3CCCN(S(=O)(=O)c4ccccn4)CC3=O)cc2c1. The molecule has 1 saturated carbocycles. The molecule has 2 fully saturated rings. The monoisotopic (exact) mass is 722 g/mol. The fourth-order valence-electron chi connectivity index (χ4n) is 6.58. The lowest BCUT2D eigenvalue weighted by Gasteiger charge is -2.27. The minimum atomic E-state index is -3.97. The number of pyridine rings is 1. The zero-order valence-corrected chi connectivity index (χ0v) is 30.2. The summed E-state index contributed by atoms with van der Waals surface area (Å²) < 4.78 is 44.7. The van der Waals surface area contributed by atoms with Gasteiger partial charge in [0, 0.05) is 24.7 Å². The van der Waals surface area contributed by atoms with Crippen molar-refractivity contribution in [3.05, 3.63) is 66.6 Å². The van der Waals surface area contributed by atoms with Crippen molar-refractivity contribution in [2.24, 2.45) is 5.92 Å². The lowest BCUT2D eigenvalue weighted by Crippen LogP contribution is -2.53. The number of furan rings is 1. The topological polar surface area (TPSA) is 157 Å². The van der Waals surface area contributed by atoms with Crippen molar-refractivity contribution in [1.29, 1.82) is 0 Å². The molecule has 12 nitrogen and oxygen atoms in total. The van der Waals surface area contributed by atoms with E-state index < -0.39 is 39.7 Å². The van der Waals surface area contributed by atoms with Crippen molar-refractivity contribution < 1.29 is 36.7 Å². The number of hydrogen-bond acceptors (Lipinski definition) is 9. The van der Waals surface area contributed by atoms with Gasteiger partial charge in [0.25, 0.3) is 15.9 Å². The molecule has 1 aromatic carbocycles. The first-order chi connectivity index (χ1) is 24.7. The molecule has 2 N–H and O–H groups in total. The van der Waals surface area contributed by atoms with Crippen molar-refractivity contribution >= 4 is 38.6 Å². The molecule has 1 aliphatic carbocycles. The Labute approximate surface area is 300 Å².